The van der Waals surface area contributed by atoms with Gasteiger partial charge in [0.15, 0.2) is 5.65 Å². The van der Waals surface area contributed by atoms with Crippen molar-refractivity contribution in [2.75, 3.05) is 7.05 Å². The van der Waals surface area contributed by atoms with Crippen LogP contribution in [0, 0.1) is 5.82 Å². The summed E-state index contributed by atoms with van der Waals surface area (Å²) in [5.74, 6) is -1.20. The molecule has 0 N–H and O–H groups in total. The Morgan fingerprint density at radius 2 is 1.75 bits per heavy atom. The van der Waals surface area contributed by atoms with Crippen LogP contribution in [0.25, 0.3) is 28.0 Å². The van der Waals surface area contributed by atoms with Crippen LogP contribution in [0.15, 0.2) is 60.8 Å². The van der Waals surface area contributed by atoms with E-state index >= 15 is 0 Å². The molecule has 6 nitrogen and oxygen atoms in total. The molecule has 0 spiro atoms. The Balaban J connectivity index is 1.91. The van der Waals surface area contributed by atoms with E-state index in [4.69, 9.17) is 0 Å². The van der Waals surface area contributed by atoms with Gasteiger partial charge in [-0.05, 0) is 18.2 Å². The Kier molecular flexibility index (Phi) is 3.39. The molecule has 4 aromatic rings. The van der Waals surface area contributed by atoms with Gasteiger partial charge in [0.05, 0.1) is 22.2 Å². The number of hydrogen-bond donors (Lipinski definition) is 0. The number of halogens is 1. The molecule has 2 aromatic heterocycles. The van der Waals surface area contributed by atoms with Crippen LogP contribution in [0.2, 0.25) is 0 Å². The number of carbonyl (C=O) groups excluding carboxylic acids is 2. The molecule has 0 saturated heterocycles. The van der Waals surface area contributed by atoms with Crippen molar-refractivity contribution in [2.45, 2.75) is 0 Å². The standard InChI is InChI=1S/C21H13FN4O2/c1-25-20(27)15-11-23-19-17(16(15)21(25)28)18(12-6-3-2-4-7-12)24-26(19)14-9-5-8-13(22)10-14/h2-11H,1H3. The lowest BCUT2D eigenvalue weighted by Crippen LogP contribution is -2.24. The third kappa shape index (κ3) is 2.19. The van der Waals surface area contributed by atoms with Gasteiger partial charge in [0, 0.05) is 18.8 Å². The summed E-state index contributed by atoms with van der Waals surface area (Å²) in [4.78, 5) is 30.7. The molecule has 2 aromatic carbocycles. The number of amides is 2. The highest BCUT2D eigenvalue weighted by Gasteiger charge is 2.37. The van der Waals surface area contributed by atoms with Gasteiger partial charge in [0.2, 0.25) is 0 Å². The number of hydrogen-bond acceptors (Lipinski definition) is 4. The van der Waals surface area contributed by atoms with E-state index in [0.717, 1.165) is 10.5 Å². The summed E-state index contributed by atoms with van der Waals surface area (Å²) >= 11 is 0. The average molecular weight is 372 g/mol. The van der Waals surface area contributed by atoms with Crippen molar-refractivity contribution in [1.29, 1.82) is 0 Å². The number of carbonyl (C=O) groups is 2. The first-order valence-electron chi connectivity index (χ1n) is 8.62. The minimum atomic E-state index is -0.408. The summed E-state index contributed by atoms with van der Waals surface area (Å²) in [7, 11) is 1.44. The fourth-order valence-corrected chi connectivity index (χ4v) is 3.49. The Bertz CT molecular complexity index is 1280. The fraction of sp³-hybridized carbons (Fsp3) is 0.0476. The lowest BCUT2D eigenvalue weighted by molar-refractivity contribution is 0.0693. The van der Waals surface area contributed by atoms with E-state index in [0.29, 0.717) is 22.4 Å². The molecule has 1 aliphatic rings. The van der Waals surface area contributed by atoms with Gasteiger partial charge < -0.3 is 0 Å². The molecule has 0 saturated carbocycles. The maximum atomic E-state index is 13.8. The molecule has 5 rings (SSSR count). The van der Waals surface area contributed by atoms with Crippen LogP contribution in [0.4, 0.5) is 4.39 Å². The Hall–Kier alpha value is -3.87. The zero-order chi connectivity index (χ0) is 19.4. The lowest BCUT2D eigenvalue weighted by Gasteiger charge is -2.03. The van der Waals surface area contributed by atoms with Crippen LogP contribution < -0.4 is 0 Å². The predicted molar refractivity (Wildman–Crippen MR) is 101 cm³/mol. The van der Waals surface area contributed by atoms with Gasteiger partial charge in [-0.1, -0.05) is 36.4 Å². The summed E-state index contributed by atoms with van der Waals surface area (Å²) in [6.45, 7) is 0. The van der Waals surface area contributed by atoms with Crippen LogP contribution in [0.1, 0.15) is 20.7 Å². The van der Waals surface area contributed by atoms with Gasteiger partial charge in [-0.3, -0.25) is 14.5 Å². The van der Waals surface area contributed by atoms with E-state index in [1.54, 1.807) is 12.1 Å². The Labute approximate surface area is 158 Å². The number of pyridine rings is 1. The molecule has 0 fully saturated rings. The molecule has 7 heteroatoms. The first-order chi connectivity index (χ1) is 13.6. The molecule has 3 heterocycles. The topological polar surface area (TPSA) is 68.1 Å². The summed E-state index contributed by atoms with van der Waals surface area (Å²) in [5, 5.41) is 5.12. The van der Waals surface area contributed by atoms with E-state index in [-0.39, 0.29) is 11.1 Å². The van der Waals surface area contributed by atoms with Crippen molar-refractivity contribution in [3.63, 3.8) is 0 Å². The zero-order valence-corrected chi connectivity index (χ0v) is 14.8. The normalized spacial score (nSPS) is 13.4. The largest absolute Gasteiger partial charge is 0.277 e. The SMILES string of the molecule is CN1C(=O)c2cnc3c(c(-c4ccccc4)nn3-c3cccc(F)c3)c2C1=O. The van der Waals surface area contributed by atoms with Crippen LogP contribution in [-0.2, 0) is 0 Å². The van der Waals surface area contributed by atoms with E-state index in [1.807, 2.05) is 30.3 Å². The van der Waals surface area contributed by atoms with Gasteiger partial charge in [-0.15, -0.1) is 0 Å². The quantitative estimate of drug-likeness (QED) is 0.506. The van der Waals surface area contributed by atoms with Gasteiger partial charge >= 0.3 is 0 Å². The van der Waals surface area contributed by atoms with Crippen LogP contribution >= 0.6 is 0 Å². The molecule has 2 amide bonds. The molecule has 1 aliphatic heterocycles. The minimum Gasteiger partial charge on any atom is -0.277 e. The van der Waals surface area contributed by atoms with E-state index in [9.17, 15) is 14.0 Å². The number of fused-ring (bicyclic) bond motifs is 3. The maximum Gasteiger partial charge on any atom is 0.262 e. The van der Waals surface area contributed by atoms with E-state index in [2.05, 4.69) is 10.1 Å². The summed E-state index contributed by atoms with van der Waals surface area (Å²) in [5.41, 5.74) is 2.67. The monoisotopic (exact) mass is 372 g/mol. The molecule has 0 radical (unpaired) electrons. The Morgan fingerprint density at radius 1 is 0.964 bits per heavy atom. The smallest absolute Gasteiger partial charge is 0.262 e. The highest BCUT2D eigenvalue weighted by molar-refractivity contribution is 6.27. The summed E-state index contributed by atoms with van der Waals surface area (Å²) in [6, 6.07) is 15.3. The van der Waals surface area contributed by atoms with Crippen molar-refractivity contribution in [3.8, 4) is 16.9 Å². The van der Waals surface area contributed by atoms with Crippen LogP contribution in [0.5, 0.6) is 0 Å². The highest BCUT2D eigenvalue weighted by Crippen LogP contribution is 2.36. The Morgan fingerprint density at radius 3 is 2.50 bits per heavy atom. The van der Waals surface area contributed by atoms with Crippen LogP contribution in [0.3, 0.4) is 0 Å². The van der Waals surface area contributed by atoms with Gasteiger partial charge in [0.1, 0.15) is 11.5 Å². The van der Waals surface area contributed by atoms with E-state index < -0.39 is 17.6 Å². The van der Waals surface area contributed by atoms with Crippen LogP contribution in [-0.4, -0.2) is 38.5 Å². The number of aromatic nitrogens is 3. The number of rotatable bonds is 2. The number of imide groups is 1. The molecular weight excluding hydrogens is 359 g/mol. The predicted octanol–water partition coefficient (Wildman–Crippen LogP) is 3.45. The molecule has 0 aliphatic carbocycles. The molecular formula is C21H13FN4O2. The summed E-state index contributed by atoms with van der Waals surface area (Å²) in [6.07, 6.45) is 1.38. The first kappa shape index (κ1) is 16.3. The minimum absolute atomic E-state index is 0.246. The van der Waals surface area contributed by atoms with Crippen molar-refractivity contribution in [3.05, 3.63) is 77.7 Å². The zero-order valence-electron chi connectivity index (χ0n) is 14.8. The third-order valence-electron chi connectivity index (χ3n) is 4.85. The third-order valence-corrected chi connectivity index (χ3v) is 4.85. The van der Waals surface area contributed by atoms with Crippen molar-refractivity contribution >= 4 is 22.8 Å². The van der Waals surface area contributed by atoms with Crippen molar-refractivity contribution < 1.29 is 14.0 Å². The van der Waals surface area contributed by atoms with Gasteiger partial charge in [-0.2, -0.15) is 5.10 Å². The summed E-state index contributed by atoms with van der Waals surface area (Å²) < 4.78 is 15.3. The average Bonchev–Trinajstić information content (AvgIpc) is 3.21. The lowest BCUT2D eigenvalue weighted by atomic mass is 10.0. The fourth-order valence-electron chi connectivity index (χ4n) is 3.49. The second kappa shape index (κ2) is 5.82. The number of benzene rings is 2. The molecule has 0 unspecified atom stereocenters. The van der Waals surface area contributed by atoms with E-state index in [1.165, 1.54) is 30.1 Å². The van der Waals surface area contributed by atoms with Gasteiger partial charge in [-0.25, -0.2) is 14.1 Å². The highest BCUT2D eigenvalue weighted by atomic mass is 19.1. The van der Waals surface area contributed by atoms with Crippen molar-refractivity contribution in [2.24, 2.45) is 0 Å². The first-order valence-corrected chi connectivity index (χ1v) is 8.62. The maximum absolute atomic E-state index is 13.8. The molecule has 28 heavy (non-hydrogen) atoms. The number of nitrogens with zero attached hydrogens (tertiary/aromatic N) is 4. The second-order valence-electron chi connectivity index (χ2n) is 6.52. The molecule has 136 valence electrons. The molecule has 0 atom stereocenters. The second-order valence-corrected chi connectivity index (χ2v) is 6.52. The van der Waals surface area contributed by atoms with Gasteiger partial charge in [0.25, 0.3) is 11.8 Å². The molecule has 0 bridgehead atoms. The van der Waals surface area contributed by atoms with Crippen molar-refractivity contribution in [1.82, 2.24) is 19.7 Å².